The summed E-state index contributed by atoms with van der Waals surface area (Å²) in [6.07, 6.45) is 3.40. The molecule has 1 aromatic rings. The van der Waals surface area contributed by atoms with Crippen LogP contribution in [0.5, 0.6) is 0 Å². The molecule has 1 rings (SSSR count). The Hall–Kier alpha value is -1.32. The fourth-order valence-corrected chi connectivity index (χ4v) is 0.914. The Morgan fingerprint density at radius 3 is 2.77 bits per heavy atom. The minimum Gasteiger partial charge on any atom is -0.460 e. The van der Waals surface area contributed by atoms with Gasteiger partial charge in [-0.2, -0.15) is 0 Å². The van der Waals surface area contributed by atoms with Gasteiger partial charge in [0.1, 0.15) is 5.60 Å². The number of aromatic nitrogens is 2. The predicted octanol–water partition coefficient (Wildman–Crippen LogP) is 1.29. The van der Waals surface area contributed by atoms with Gasteiger partial charge >= 0.3 is 5.97 Å². The lowest BCUT2D eigenvalue weighted by atomic mass is 10.2. The zero-order valence-corrected chi connectivity index (χ0v) is 8.13. The highest BCUT2D eigenvalue weighted by Gasteiger charge is 2.16. The Bertz CT molecular complexity index is 272. The first-order valence-corrected chi connectivity index (χ1v) is 4.16. The average Bonchev–Trinajstić information content (AvgIpc) is 2.34. The molecule has 13 heavy (non-hydrogen) atoms. The summed E-state index contributed by atoms with van der Waals surface area (Å²) in [5.74, 6) is -0.239. The van der Waals surface area contributed by atoms with E-state index in [1.54, 1.807) is 12.5 Å². The SMILES string of the molecule is CC(C)(C)OC(=O)Cc1cnc[nH]1. The van der Waals surface area contributed by atoms with E-state index in [0.717, 1.165) is 5.69 Å². The zero-order valence-electron chi connectivity index (χ0n) is 8.13. The van der Waals surface area contributed by atoms with E-state index >= 15 is 0 Å². The molecule has 4 nitrogen and oxygen atoms in total. The number of ether oxygens (including phenoxy) is 1. The quantitative estimate of drug-likeness (QED) is 0.701. The number of carbonyl (C=O) groups is 1. The molecule has 0 bridgehead atoms. The molecule has 0 aromatic carbocycles. The number of nitrogens with zero attached hydrogens (tertiary/aromatic N) is 1. The largest absolute Gasteiger partial charge is 0.460 e. The van der Waals surface area contributed by atoms with Crippen LogP contribution in [0.4, 0.5) is 0 Å². The molecule has 0 aliphatic heterocycles. The summed E-state index contributed by atoms with van der Waals surface area (Å²) in [6.45, 7) is 5.54. The molecule has 0 fully saturated rings. The molecule has 0 spiro atoms. The third-order valence-electron chi connectivity index (χ3n) is 1.31. The van der Waals surface area contributed by atoms with Crippen LogP contribution >= 0.6 is 0 Å². The molecular weight excluding hydrogens is 168 g/mol. The van der Waals surface area contributed by atoms with Gasteiger partial charge in [0.15, 0.2) is 0 Å². The maximum absolute atomic E-state index is 11.3. The van der Waals surface area contributed by atoms with E-state index < -0.39 is 5.60 Å². The molecule has 0 unspecified atom stereocenters. The monoisotopic (exact) mass is 182 g/mol. The van der Waals surface area contributed by atoms with Gasteiger partial charge in [0.25, 0.3) is 0 Å². The van der Waals surface area contributed by atoms with Gasteiger partial charge in [-0.3, -0.25) is 4.79 Å². The summed E-state index contributed by atoms with van der Waals surface area (Å²) in [4.78, 5) is 17.9. The van der Waals surface area contributed by atoms with Crippen molar-refractivity contribution in [3.8, 4) is 0 Å². The first-order valence-electron chi connectivity index (χ1n) is 4.16. The molecule has 0 saturated heterocycles. The topological polar surface area (TPSA) is 55.0 Å². The van der Waals surface area contributed by atoms with E-state index in [1.165, 1.54) is 0 Å². The second-order valence-electron chi connectivity index (χ2n) is 3.84. The Morgan fingerprint density at radius 1 is 1.62 bits per heavy atom. The van der Waals surface area contributed by atoms with Crippen LogP contribution in [-0.4, -0.2) is 21.5 Å². The lowest BCUT2D eigenvalue weighted by Crippen LogP contribution is -2.24. The van der Waals surface area contributed by atoms with E-state index in [-0.39, 0.29) is 12.4 Å². The van der Waals surface area contributed by atoms with Crippen LogP contribution in [0.15, 0.2) is 12.5 Å². The molecule has 1 N–H and O–H groups in total. The molecule has 72 valence electrons. The number of nitrogens with one attached hydrogen (secondary N) is 1. The molecular formula is C9H14N2O2. The van der Waals surface area contributed by atoms with E-state index in [2.05, 4.69) is 9.97 Å². The highest BCUT2D eigenvalue weighted by Crippen LogP contribution is 2.08. The first kappa shape index (κ1) is 9.77. The van der Waals surface area contributed by atoms with Gasteiger partial charge in [-0.25, -0.2) is 4.98 Å². The zero-order chi connectivity index (χ0) is 9.90. The average molecular weight is 182 g/mol. The number of rotatable bonds is 2. The first-order chi connectivity index (χ1) is 5.97. The van der Waals surface area contributed by atoms with Crippen LogP contribution in [0.3, 0.4) is 0 Å². The van der Waals surface area contributed by atoms with Crippen molar-refractivity contribution in [1.82, 2.24) is 9.97 Å². The minimum absolute atomic E-state index is 0.239. The fraction of sp³-hybridized carbons (Fsp3) is 0.556. The van der Waals surface area contributed by atoms with E-state index in [4.69, 9.17) is 4.74 Å². The number of esters is 1. The summed E-state index contributed by atoms with van der Waals surface area (Å²) in [7, 11) is 0. The van der Waals surface area contributed by atoms with E-state index in [9.17, 15) is 4.79 Å². The Labute approximate surface area is 77.3 Å². The Balaban J connectivity index is 2.43. The van der Waals surface area contributed by atoms with Crippen molar-refractivity contribution in [2.24, 2.45) is 0 Å². The van der Waals surface area contributed by atoms with Crippen molar-refractivity contribution in [3.05, 3.63) is 18.2 Å². The molecule has 0 aliphatic carbocycles. The van der Waals surface area contributed by atoms with Gasteiger partial charge in [0.2, 0.25) is 0 Å². The standard InChI is InChI=1S/C9H14N2O2/c1-9(2,3)13-8(12)4-7-5-10-6-11-7/h5-6H,4H2,1-3H3,(H,10,11). The van der Waals surface area contributed by atoms with Crippen LogP contribution in [0.1, 0.15) is 26.5 Å². The third-order valence-corrected chi connectivity index (χ3v) is 1.31. The summed E-state index contributed by atoms with van der Waals surface area (Å²) < 4.78 is 5.12. The van der Waals surface area contributed by atoms with Crippen LogP contribution < -0.4 is 0 Å². The van der Waals surface area contributed by atoms with Crippen LogP contribution in [0.2, 0.25) is 0 Å². The predicted molar refractivity (Wildman–Crippen MR) is 48.1 cm³/mol. The van der Waals surface area contributed by atoms with E-state index in [0.29, 0.717) is 0 Å². The molecule has 0 aliphatic rings. The molecule has 0 amide bonds. The van der Waals surface area contributed by atoms with Gasteiger partial charge in [-0.1, -0.05) is 0 Å². The van der Waals surface area contributed by atoms with Crippen molar-refractivity contribution in [3.63, 3.8) is 0 Å². The number of hydrogen-bond acceptors (Lipinski definition) is 3. The highest BCUT2D eigenvalue weighted by atomic mass is 16.6. The highest BCUT2D eigenvalue weighted by molar-refractivity contribution is 5.72. The Kier molecular flexibility index (Phi) is 2.70. The number of H-pyrrole nitrogens is 1. The molecule has 4 heteroatoms. The van der Waals surface area contributed by atoms with E-state index in [1.807, 2.05) is 20.8 Å². The number of carbonyl (C=O) groups excluding carboxylic acids is 1. The van der Waals surface area contributed by atoms with Crippen molar-refractivity contribution in [2.45, 2.75) is 32.8 Å². The second kappa shape index (κ2) is 3.60. The minimum atomic E-state index is -0.420. The van der Waals surface area contributed by atoms with Gasteiger partial charge in [0.05, 0.1) is 12.7 Å². The summed E-state index contributed by atoms with van der Waals surface area (Å²) in [5, 5.41) is 0. The van der Waals surface area contributed by atoms with Crippen LogP contribution in [0, 0.1) is 0 Å². The normalized spacial score (nSPS) is 11.3. The number of aromatic amines is 1. The van der Waals surface area contributed by atoms with Gasteiger partial charge in [-0.05, 0) is 20.8 Å². The van der Waals surface area contributed by atoms with Crippen LogP contribution in [0.25, 0.3) is 0 Å². The summed E-state index contributed by atoms with van der Waals surface area (Å²) in [6, 6.07) is 0. The third kappa shape index (κ3) is 3.73. The number of hydrogen-bond donors (Lipinski definition) is 1. The summed E-state index contributed by atoms with van der Waals surface area (Å²) in [5.41, 5.74) is 0.353. The lowest BCUT2D eigenvalue weighted by Gasteiger charge is -2.19. The second-order valence-corrected chi connectivity index (χ2v) is 3.84. The molecule has 0 atom stereocenters. The van der Waals surface area contributed by atoms with Crippen molar-refractivity contribution >= 4 is 5.97 Å². The maximum atomic E-state index is 11.3. The molecule has 0 radical (unpaired) electrons. The van der Waals surface area contributed by atoms with Gasteiger partial charge in [-0.15, -0.1) is 0 Å². The van der Waals surface area contributed by atoms with Gasteiger partial charge < -0.3 is 9.72 Å². The molecule has 1 heterocycles. The molecule has 0 saturated carbocycles. The smallest absolute Gasteiger partial charge is 0.312 e. The molecule has 1 aromatic heterocycles. The van der Waals surface area contributed by atoms with Crippen molar-refractivity contribution < 1.29 is 9.53 Å². The number of imidazole rings is 1. The van der Waals surface area contributed by atoms with Crippen LogP contribution in [-0.2, 0) is 16.0 Å². The lowest BCUT2D eigenvalue weighted by molar-refractivity contribution is -0.153. The fourth-order valence-electron chi connectivity index (χ4n) is 0.914. The van der Waals surface area contributed by atoms with Gasteiger partial charge in [0, 0.05) is 11.9 Å². The summed E-state index contributed by atoms with van der Waals surface area (Å²) >= 11 is 0. The van der Waals surface area contributed by atoms with Crippen molar-refractivity contribution in [2.75, 3.05) is 0 Å². The van der Waals surface area contributed by atoms with Crippen molar-refractivity contribution in [1.29, 1.82) is 0 Å². The Morgan fingerprint density at radius 2 is 2.31 bits per heavy atom. The maximum Gasteiger partial charge on any atom is 0.312 e.